The van der Waals surface area contributed by atoms with Crippen LogP contribution in [0.2, 0.25) is 0 Å². The van der Waals surface area contributed by atoms with Crippen molar-refractivity contribution in [3.8, 4) is 5.75 Å². The third kappa shape index (κ3) is 6.66. The summed E-state index contributed by atoms with van der Waals surface area (Å²) in [7, 11) is 0. The van der Waals surface area contributed by atoms with E-state index >= 15 is 0 Å². The Morgan fingerprint density at radius 1 is 1.24 bits per heavy atom. The number of hydrogen-bond donors (Lipinski definition) is 2. The molecule has 1 saturated carbocycles. The Morgan fingerprint density at radius 3 is 2.83 bits per heavy atom. The highest BCUT2D eigenvalue weighted by molar-refractivity contribution is 5.77. The van der Waals surface area contributed by atoms with E-state index in [0.29, 0.717) is 45.2 Å². The molecule has 1 heterocycles. The molecule has 2 aliphatic rings. The Labute approximate surface area is 170 Å². The van der Waals surface area contributed by atoms with Crippen molar-refractivity contribution in [3.05, 3.63) is 29.3 Å². The molecule has 2 N–H and O–H groups in total. The SMILES string of the molecule is CCOC(=O)CCNC(=O)N1CCOc2ccc(CCC(=O)NC3CC3)cc2C1. The van der Waals surface area contributed by atoms with Gasteiger partial charge in [-0.3, -0.25) is 9.59 Å². The molecule has 0 radical (unpaired) electrons. The first-order valence-electron chi connectivity index (χ1n) is 10.3. The number of hydrogen-bond acceptors (Lipinski definition) is 5. The van der Waals surface area contributed by atoms with Gasteiger partial charge in [0, 0.05) is 24.6 Å². The molecule has 1 aromatic rings. The van der Waals surface area contributed by atoms with Gasteiger partial charge in [0.2, 0.25) is 5.91 Å². The lowest BCUT2D eigenvalue weighted by Gasteiger charge is -2.20. The average molecular weight is 403 g/mol. The highest BCUT2D eigenvalue weighted by atomic mass is 16.5. The van der Waals surface area contributed by atoms with E-state index in [1.165, 1.54) is 0 Å². The third-order valence-corrected chi connectivity index (χ3v) is 4.89. The Balaban J connectivity index is 1.52. The second kappa shape index (κ2) is 10.1. The van der Waals surface area contributed by atoms with Crippen LogP contribution >= 0.6 is 0 Å². The molecular weight excluding hydrogens is 374 g/mol. The van der Waals surface area contributed by atoms with Gasteiger partial charge in [0.1, 0.15) is 12.4 Å². The van der Waals surface area contributed by atoms with Crippen LogP contribution in [-0.2, 0) is 27.3 Å². The monoisotopic (exact) mass is 403 g/mol. The zero-order valence-electron chi connectivity index (χ0n) is 16.9. The summed E-state index contributed by atoms with van der Waals surface area (Å²) in [6, 6.07) is 6.02. The first-order valence-corrected chi connectivity index (χ1v) is 10.3. The number of aryl methyl sites for hydroxylation is 1. The van der Waals surface area contributed by atoms with Crippen molar-refractivity contribution in [1.29, 1.82) is 0 Å². The average Bonchev–Trinajstić information content (AvgIpc) is 3.52. The number of esters is 1. The quantitative estimate of drug-likeness (QED) is 0.645. The number of urea groups is 1. The number of rotatable bonds is 8. The number of benzene rings is 1. The van der Waals surface area contributed by atoms with Crippen LogP contribution in [0.3, 0.4) is 0 Å². The lowest BCUT2D eigenvalue weighted by atomic mass is 10.0. The van der Waals surface area contributed by atoms with Crippen molar-refractivity contribution < 1.29 is 23.9 Å². The molecule has 0 atom stereocenters. The van der Waals surface area contributed by atoms with Crippen molar-refractivity contribution in [2.75, 3.05) is 26.3 Å². The maximum atomic E-state index is 12.5. The number of nitrogens with one attached hydrogen (secondary N) is 2. The minimum absolute atomic E-state index is 0.0845. The molecule has 1 aliphatic carbocycles. The van der Waals surface area contributed by atoms with E-state index in [2.05, 4.69) is 10.6 Å². The van der Waals surface area contributed by atoms with Crippen molar-refractivity contribution in [2.24, 2.45) is 0 Å². The molecule has 29 heavy (non-hydrogen) atoms. The molecule has 0 aromatic heterocycles. The molecule has 8 heteroatoms. The standard InChI is InChI=1S/C21H29N3O5/c1-2-28-20(26)9-10-22-21(27)24-11-12-29-18-7-3-15(13-16(18)14-24)4-8-19(25)23-17-5-6-17/h3,7,13,17H,2,4-6,8-12,14H2,1H3,(H,22,27)(H,23,25). The molecule has 0 bridgehead atoms. The fourth-order valence-electron chi connectivity index (χ4n) is 3.18. The van der Waals surface area contributed by atoms with Crippen LogP contribution < -0.4 is 15.4 Å². The number of fused-ring (bicyclic) bond motifs is 1. The van der Waals surface area contributed by atoms with E-state index in [4.69, 9.17) is 9.47 Å². The second-order valence-electron chi connectivity index (χ2n) is 7.34. The predicted octanol–water partition coefficient (Wildman–Crippen LogP) is 1.75. The number of carbonyl (C=O) groups is 3. The summed E-state index contributed by atoms with van der Waals surface area (Å²) in [6.45, 7) is 3.59. The summed E-state index contributed by atoms with van der Waals surface area (Å²) in [6.07, 6.45) is 3.42. The van der Waals surface area contributed by atoms with Crippen molar-refractivity contribution in [3.63, 3.8) is 0 Å². The van der Waals surface area contributed by atoms with Crippen LogP contribution in [0.5, 0.6) is 5.75 Å². The van der Waals surface area contributed by atoms with E-state index in [0.717, 1.165) is 29.7 Å². The lowest BCUT2D eigenvalue weighted by molar-refractivity contribution is -0.142. The summed E-state index contributed by atoms with van der Waals surface area (Å²) >= 11 is 0. The molecule has 0 saturated heterocycles. The van der Waals surface area contributed by atoms with Gasteiger partial charge in [0.05, 0.1) is 26.1 Å². The fraction of sp³-hybridized carbons (Fsp3) is 0.571. The molecule has 8 nitrogen and oxygen atoms in total. The fourth-order valence-corrected chi connectivity index (χ4v) is 3.18. The van der Waals surface area contributed by atoms with Crippen molar-refractivity contribution in [1.82, 2.24) is 15.5 Å². The number of amides is 3. The van der Waals surface area contributed by atoms with Gasteiger partial charge in [-0.05, 0) is 37.8 Å². The summed E-state index contributed by atoms with van der Waals surface area (Å²) < 4.78 is 10.6. The third-order valence-electron chi connectivity index (χ3n) is 4.89. The van der Waals surface area contributed by atoms with E-state index < -0.39 is 0 Å². The topological polar surface area (TPSA) is 97.0 Å². The molecule has 0 spiro atoms. The Hall–Kier alpha value is -2.77. The van der Waals surface area contributed by atoms with Crippen molar-refractivity contribution >= 4 is 17.9 Å². The Kier molecular flexibility index (Phi) is 7.32. The number of carbonyl (C=O) groups excluding carboxylic acids is 3. The van der Waals surface area contributed by atoms with Gasteiger partial charge in [-0.25, -0.2) is 4.79 Å². The number of ether oxygens (including phenoxy) is 2. The zero-order valence-corrected chi connectivity index (χ0v) is 16.9. The molecule has 1 aliphatic heterocycles. The smallest absolute Gasteiger partial charge is 0.317 e. The first kappa shape index (κ1) is 21.0. The Bertz CT molecular complexity index is 748. The molecule has 1 fully saturated rings. The van der Waals surface area contributed by atoms with Crippen molar-refractivity contribution in [2.45, 2.75) is 51.6 Å². The maximum Gasteiger partial charge on any atom is 0.317 e. The maximum absolute atomic E-state index is 12.5. The molecule has 1 aromatic carbocycles. The van der Waals surface area contributed by atoms with Gasteiger partial charge in [-0.1, -0.05) is 12.1 Å². The summed E-state index contributed by atoms with van der Waals surface area (Å²) in [4.78, 5) is 37.4. The van der Waals surface area contributed by atoms with Gasteiger partial charge >= 0.3 is 12.0 Å². The predicted molar refractivity (Wildman–Crippen MR) is 106 cm³/mol. The van der Waals surface area contributed by atoms with E-state index in [9.17, 15) is 14.4 Å². The van der Waals surface area contributed by atoms with Gasteiger partial charge < -0.3 is 25.0 Å². The van der Waals surface area contributed by atoms with E-state index in [-0.39, 0.29) is 30.9 Å². The lowest BCUT2D eigenvalue weighted by Crippen LogP contribution is -2.41. The summed E-state index contributed by atoms with van der Waals surface area (Å²) in [5.74, 6) is 0.520. The normalized spacial score (nSPS) is 15.6. The number of nitrogens with zero attached hydrogens (tertiary/aromatic N) is 1. The van der Waals surface area contributed by atoms with Gasteiger partial charge in [0.15, 0.2) is 0 Å². The second-order valence-corrected chi connectivity index (χ2v) is 7.34. The molecule has 0 unspecified atom stereocenters. The van der Waals surface area contributed by atoms with Crippen LogP contribution in [0.15, 0.2) is 18.2 Å². The Morgan fingerprint density at radius 2 is 2.07 bits per heavy atom. The summed E-state index contributed by atoms with van der Waals surface area (Å²) in [5, 5.41) is 5.75. The van der Waals surface area contributed by atoms with Crippen LogP contribution in [0.1, 0.15) is 43.7 Å². The molecular formula is C21H29N3O5. The molecule has 3 rings (SSSR count). The minimum atomic E-state index is -0.326. The van der Waals surface area contributed by atoms with E-state index in [1.807, 2.05) is 18.2 Å². The van der Waals surface area contributed by atoms with E-state index in [1.54, 1.807) is 11.8 Å². The minimum Gasteiger partial charge on any atom is -0.491 e. The largest absolute Gasteiger partial charge is 0.491 e. The van der Waals surface area contributed by atoms with Gasteiger partial charge in [-0.2, -0.15) is 0 Å². The zero-order chi connectivity index (χ0) is 20.6. The van der Waals surface area contributed by atoms with Gasteiger partial charge in [0.25, 0.3) is 0 Å². The highest BCUT2D eigenvalue weighted by Crippen LogP contribution is 2.25. The van der Waals surface area contributed by atoms with Gasteiger partial charge in [-0.15, -0.1) is 0 Å². The van der Waals surface area contributed by atoms with Crippen LogP contribution in [0.25, 0.3) is 0 Å². The van der Waals surface area contributed by atoms with Crippen LogP contribution in [0, 0.1) is 0 Å². The van der Waals surface area contributed by atoms with Crippen LogP contribution in [0.4, 0.5) is 4.79 Å². The molecule has 158 valence electrons. The highest BCUT2D eigenvalue weighted by Gasteiger charge is 2.23. The summed E-state index contributed by atoms with van der Waals surface area (Å²) in [5.41, 5.74) is 1.96. The van der Waals surface area contributed by atoms with Crippen LogP contribution in [-0.4, -0.2) is 55.2 Å². The molecule has 3 amide bonds. The first-order chi connectivity index (χ1) is 14.0.